The van der Waals surface area contributed by atoms with Gasteiger partial charge >= 0.3 is 12.1 Å². The molecular formula is C9H13NO3. The Kier molecular flexibility index (Phi) is 1.98. The van der Waals surface area contributed by atoms with Gasteiger partial charge in [0.25, 0.3) is 0 Å². The monoisotopic (exact) mass is 183 g/mol. The summed E-state index contributed by atoms with van der Waals surface area (Å²) in [5.41, 5.74) is -0.673. The van der Waals surface area contributed by atoms with Crippen LogP contribution in [-0.4, -0.2) is 17.6 Å². The topological polar surface area (TPSA) is 55.4 Å². The molecule has 1 spiro atoms. The number of ether oxygens (including phenoxy) is 1. The zero-order valence-electron chi connectivity index (χ0n) is 7.47. The predicted molar refractivity (Wildman–Crippen MR) is 45.1 cm³/mol. The van der Waals surface area contributed by atoms with Crippen molar-refractivity contribution in [1.82, 2.24) is 5.32 Å². The lowest BCUT2D eigenvalue weighted by molar-refractivity contribution is -0.139. The fourth-order valence-electron chi connectivity index (χ4n) is 2.12. The quantitative estimate of drug-likeness (QED) is 0.455. The molecule has 0 bridgehead atoms. The molecule has 1 aliphatic heterocycles. The van der Waals surface area contributed by atoms with Crippen molar-refractivity contribution < 1.29 is 14.3 Å². The molecule has 1 saturated heterocycles. The number of carbonyl (C=O) groups is 2. The first kappa shape index (κ1) is 8.53. The van der Waals surface area contributed by atoms with Crippen LogP contribution >= 0.6 is 0 Å². The van der Waals surface area contributed by atoms with Gasteiger partial charge in [0.05, 0.1) is 0 Å². The lowest BCUT2D eigenvalue weighted by atomic mass is 9.91. The molecule has 0 atom stereocenters. The van der Waals surface area contributed by atoms with Gasteiger partial charge in [0.2, 0.25) is 0 Å². The van der Waals surface area contributed by atoms with Crippen LogP contribution in [-0.2, 0) is 9.53 Å². The summed E-state index contributed by atoms with van der Waals surface area (Å²) in [6.07, 6.45) is 5.17. The maximum absolute atomic E-state index is 11.4. The minimum atomic E-state index is -0.673. The van der Waals surface area contributed by atoms with Crippen LogP contribution in [0.25, 0.3) is 0 Å². The molecule has 4 heteroatoms. The second kappa shape index (κ2) is 3.01. The van der Waals surface area contributed by atoms with E-state index >= 15 is 0 Å². The van der Waals surface area contributed by atoms with Crippen molar-refractivity contribution in [2.45, 2.75) is 44.1 Å². The van der Waals surface area contributed by atoms with Crippen molar-refractivity contribution in [3.8, 4) is 0 Å². The molecule has 2 aliphatic rings. The fraction of sp³-hybridized carbons (Fsp3) is 0.778. The van der Waals surface area contributed by atoms with E-state index in [1.807, 2.05) is 0 Å². The third-order valence-electron chi connectivity index (χ3n) is 2.87. The molecule has 2 rings (SSSR count). The Labute approximate surface area is 76.6 Å². The van der Waals surface area contributed by atoms with E-state index in [1.54, 1.807) is 0 Å². The van der Waals surface area contributed by atoms with Gasteiger partial charge in [-0.3, -0.25) is 0 Å². The summed E-state index contributed by atoms with van der Waals surface area (Å²) in [6, 6.07) is 0. The van der Waals surface area contributed by atoms with Crippen LogP contribution in [0.4, 0.5) is 4.79 Å². The number of hydrogen-bond acceptors (Lipinski definition) is 3. The van der Waals surface area contributed by atoms with E-state index < -0.39 is 11.6 Å². The Morgan fingerprint density at radius 2 is 1.69 bits per heavy atom. The van der Waals surface area contributed by atoms with Crippen molar-refractivity contribution in [3.63, 3.8) is 0 Å². The summed E-state index contributed by atoms with van der Waals surface area (Å²) in [4.78, 5) is 22.3. The number of hydrogen-bond donors (Lipinski definition) is 1. The molecule has 1 saturated carbocycles. The zero-order valence-corrected chi connectivity index (χ0v) is 7.47. The van der Waals surface area contributed by atoms with Crippen LogP contribution in [0.5, 0.6) is 0 Å². The largest absolute Gasteiger partial charge is 0.415 e. The third kappa shape index (κ3) is 1.41. The van der Waals surface area contributed by atoms with Gasteiger partial charge in [-0.2, -0.15) is 0 Å². The van der Waals surface area contributed by atoms with Crippen molar-refractivity contribution in [2.24, 2.45) is 0 Å². The standard InChI is InChI=1S/C9H13NO3/c11-7-9(10-8(12)13-7)5-3-1-2-4-6-9/h1-6H2,(H,10,12). The fourth-order valence-corrected chi connectivity index (χ4v) is 2.12. The number of esters is 1. The molecule has 13 heavy (non-hydrogen) atoms. The van der Waals surface area contributed by atoms with Gasteiger partial charge in [-0.25, -0.2) is 9.59 Å². The number of rotatable bonds is 0. The van der Waals surface area contributed by atoms with Crippen LogP contribution in [0.3, 0.4) is 0 Å². The molecule has 72 valence electrons. The highest BCUT2D eigenvalue weighted by atomic mass is 16.6. The summed E-state index contributed by atoms with van der Waals surface area (Å²) in [7, 11) is 0. The van der Waals surface area contributed by atoms with Crippen molar-refractivity contribution in [1.29, 1.82) is 0 Å². The van der Waals surface area contributed by atoms with E-state index in [2.05, 4.69) is 10.1 Å². The number of alkyl carbamates (subject to hydrolysis) is 1. The van der Waals surface area contributed by atoms with Gasteiger partial charge in [0.1, 0.15) is 5.54 Å². The van der Waals surface area contributed by atoms with Crippen LogP contribution in [0, 0.1) is 0 Å². The second-order valence-electron chi connectivity index (χ2n) is 3.80. The van der Waals surface area contributed by atoms with Gasteiger partial charge in [-0.05, 0) is 12.8 Å². The summed E-state index contributed by atoms with van der Waals surface area (Å²) >= 11 is 0. The molecular weight excluding hydrogens is 170 g/mol. The average molecular weight is 183 g/mol. The molecule has 0 aromatic heterocycles. The van der Waals surface area contributed by atoms with Crippen LogP contribution < -0.4 is 5.32 Å². The summed E-state index contributed by atoms with van der Waals surface area (Å²) < 4.78 is 4.52. The van der Waals surface area contributed by atoms with Crippen LogP contribution in [0.15, 0.2) is 0 Å². The van der Waals surface area contributed by atoms with E-state index in [-0.39, 0.29) is 5.97 Å². The van der Waals surface area contributed by atoms with Gasteiger partial charge in [-0.15, -0.1) is 0 Å². The lowest BCUT2D eigenvalue weighted by Crippen LogP contribution is -2.45. The number of carbonyl (C=O) groups excluding carboxylic acids is 2. The van der Waals surface area contributed by atoms with Gasteiger partial charge < -0.3 is 10.1 Å². The van der Waals surface area contributed by atoms with Crippen LogP contribution in [0.2, 0.25) is 0 Å². The maximum Gasteiger partial charge on any atom is 0.415 e. The smallest absolute Gasteiger partial charge is 0.374 e. The summed E-state index contributed by atoms with van der Waals surface area (Å²) in [6.45, 7) is 0. The predicted octanol–water partition coefficient (Wildman–Crippen LogP) is 1.35. The summed E-state index contributed by atoms with van der Waals surface area (Å²) in [5, 5.41) is 2.65. The lowest BCUT2D eigenvalue weighted by Gasteiger charge is -2.21. The molecule has 4 nitrogen and oxygen atoms in total. The van der Waals surface area contributed by atoms with Gasteiger partial charge in [0, 0.05) is 0 Å². The first-order chi connectivity index (χ1) is 6.23. The minimum Gasteiger partial charge on any atom is -0.374 e. The van der Waals surface area contributed by atoms with Crippen LogP contribution in [0.1, 0.15) is 38.5 Å². The maximum atomic E-state index is 11.4. The highest BCUT2D eigenvalue weighted by molar-refractivity contribution is 5.98. The Morgan fingerprint density at radius 3 is 2.15 bits per heavy atom. The third-order valence-corrected chi connectivity index (χ3v) is 2.87. The normalized spacial score (nSPS) is 26.8. The van der Waals surface area contributed by atoms with E-state index in [0.29, 0.717) is 0 Å². The molecule has 0 radical (unpaired) electrons. The number of cyclic esters (lactones) is 2. The molecule has 0 aromatic rings. The van der Waals surface area contributed by atoms with Crippen molar-refractivity contribution in [2.75, 3.05) is 0 Å². The van der Waals surface area contributed by atoms with E-state index in [9.17, 15) is 9.59 Å². The van der Waals surface area contributed by atoms with E-state index in [4.69, 9.17) is 0 Å². The van der Waals surface area contributed by atoms with Gasteiger partial charge in [-0.1, -0.05) is 25.7 Å². The second-order valence-corrected chi connectivity index (χ2v) is 3.80. The Morgan fingerprint density at radius 1 is 1.08 bits per heavy atom. The van der Waals surface area contributed by atoms with E-state index in [0.717, 1.165) is 38.5 Å². The zero-order chi connectivity index (χ0) is 9.31. The molecule has 0 unspecified atom stereocenters. The minimum absolute atomic E-state index is 0.376. The van der Waals surface area contributed by atoms with Crippen molar-refractivity contribution in [3.05, 3.63) is 0 Å². The molecule has 2 fully saturated rings. The molecule has 0 aromatic carbocycles. The number of nitrogens with one attached hydrogen (secondary N) is 1. The highest BCUT2D eigenvalue weighted by Crippen LogP contribution is 2.31. The van der Waals surface area contributed by atoms with Gasteiger partial charge in [0.15, 0.2) is 0 Å². The van der Waals surface area contributed by atoms with E-state index in [1.165, 1.54) is 0 Å². The number of amides is 1. The first-order valence-electron chi connectivity index (χ1n) is 4.77. The molecule has 1 N–H and O–H groups in total. The molecule has 1 amide bonds. The Bertz CT molecular complexity index is 241. The average Bonchev–Trinajstić information content (AvgIpc) is 2.29. The Hall–Kier alpha value is -1.06. The summed E-state index contributed by atoms with van der Waals surface area (Å²) in [5.74, 6) is -0.376. The SMILES string of the molecule is O=C1NC2(CCCCCC2)C(=O)O1. The molecule has 1 aliphatic carbocycles. The Balaban J connectivity index is 2.17. The highest BCUT2D eigenvalue weighted by Gasteiger charge is 2.48. The molecule has 1 heterocycles. The van der Waals surface area contributed by atoms with Crippen molar-refractivity contribution >= 4 is 12.1 Å². The first-order valence-corrected chi connectivity index (χ1v) is 4.77.